The Balaban J connectivity index is 1.72. The van der Waals surface area contributed by atoms with E-state index >= 15 is 0 Å². The van der Waals surface area contributed by atoms with Crippen molar-refractivity contribution in [3.8, 4) is 5.75 Å². The van der Waals surface area contributed by atoms with Crippen LogP contribution in [-0.2, 0) is 16.6 Å². The molecule has 1 atom stereocenters. The summed E-state index contributed by atoms with van der Waals surface area (Å²) in [6.07, 6.45) is 6.57. The SMILES string of the molecule is CCCC(C)N(Cc1ccccc1OCCCN1CCCCC1)S(=O)(=O)c1ccc(Cl)cc1. The topological polar surface area (TPSA) is 49.9 Å². The quantitative estimate of drug-likeness (QED) is 0.342. The van der Waals surface area contributed by atoms with Gasteiger partial charge in [0.2, 0.25) is 10.0 Å². The van der Waals surface area contributed by atoms with Crippen LogP contribution >= 0.6 is 11.6 Å². The number of benzene rings is 2. The van der Waals surface area contributed by atoms with Gasteiger partial charge in [-0.15, -0.1) is 0 Å². The van der Waals surface area contributed by atoms with Gasteiger partial charge in [-0.05, 0) is 76.0 Å². The molecule has 0 aromatic heterocycles. The maximum atomic E-state index is 13.5. The zero-order valence-corrected chi connectivity index (χ0v) is 21.5. The number of nitrogens with zero attached hydrogens (tertiary/aromatic N) is 2. The third-order valence-corrected chi connectivity index (χ3v) is 8.47. The summed E-state index contributed by atoms with van der Waals surface area (Å²) in [5, 5.41) is 0.519. The van der Waals surface area contributed by atoms with Crippen molar-refractivity contribution in [3.63, 3.8) is 0 Å². The number of ether oxygens (including phenoxy) is 1. The summed E-state index contributed by atoms with van der Waals surface area (Å²) >= 11 is 5.99. The van der Waals surface area contributed by atoms with Gasteiger partial charge in [-0.3, -0.25) is 0 Å². The molecule has 1 saturated heterocycles. The molecule has 1 heterocycles. The van der Waals surface area contributed by atoms with E-state index in [-0.39, 0.29) is 17.5 Å². The molecule has 0 bridgehead atoms. The number of para-hydroxylation sites is 1. The van der Waals surface area contributed by atoms with Crippen molar-refractivity contribution >= 4 is 21.6 Å². The van der Waals surface area contributed by atoms with Gasteiger partial charge in [-0.2, -0.15) is 4.31 Å². The highest BCUT2D eigenvalue weighted by Crippen LogP contribution is 2.28. The standard InChI is InChI=1S/C26H37ClN2O3S/c1-3-10-22(2)29(33(30,31)25-15-13-24(27)14-16-25)21-23-11-5-6-12-26(23)32-20-9-19-28-17-7-4-8-18-28/h5-6,11-16,22H,3-4,7-10,17-21H2,1-2H3. The van der Waals surface area contributed by atoms with E-state index in [9.17, 15) is 8.42 Å². The van der Waals surface area contributed by atoms with Gasteiger partial charge in [0.05, 0.1) is 11.5 Å². The Morgan fingerprint density at radius 3 is 2.45 bits per heavy atom. The molecule has 3 rings (SSSR count). The summed E-state index contributed by atoms with van der Waals surface area (Å²) in [6.45, 7) is 8.36. The monoisotopic (exact) mass is 492 g/mol. The second kappa shape index (κ2) is 12.7. The molecule has 0 N–H and O–H groups in total. The van der Waals surface area contributed by atoms with E-state index in [4.69, 9.17) is 16.3 Å². The molecule has 0 aliphatic carbocycles. The van der Waals surface area contributed by atoms with Crippen LogP contribution in [0.2, 0.25) is 5.02 Å². The maximum Gasteiger partial charge on any atom is 0.243 e. The normalized spacial score (nSPS) is 16.1. The molecule has 0 spiro atoms. The molecule has 0 radical (unpaired) electrons. The van der Waals surface area contributed by atoms with E-state index in [0.717, 1.165) is 37.1 Å². The predicted molar refractivity (Wildman–Crippen MR) is 135 cm³/mol. The number of piperidine rings is 1. The summed E-state index contributed by atoms with van der Waals surface area (Å²) in [7, 11) is -3.68. The number of hydrogen-bond acceptors (Lipinski definition) is 4. The number of rotatable bonds is 12. The maximum absolute atomic E-state index is 13.5. The van der Waals surface area contributed by atoms with Crippen molar-refractivity contribution in [2.75, 3.05) is 26.2 Å². The van der Waals surface area contributed by atoms with Gasteiger partial charge in [0.25, 0.3) is 0 Å². The third-order valence-electron chi connectivity index (χ3n) is 6.24. The molecule has 182 valence electrons. The van der Waals surface area contributed by atoms with Crippen LogP contribution in [0.4, 0.5) is 0 Å². The largest absolute Gasteiger partial charge is 0.493 e. The van der Waals surface area contributed by atoms with Gasteiger partial charge >= 0.3 is 0 Å². The number of likely N-dealkylation sites (tertiary alicyclic amines) is 1. The van der Waals surface area contributed by atoms with E-state index in [2.05, 4.69) is 11.8 Å². The lowest BCUT2D eigenvalue weighted by molar-refractivity contribution is 0.204. The first kappa shape index (κ1) is 26.0. The van der Waals surface area contributed by atoms with E-state index < -0.39 is 10.0 Å². The lowest BCUT2D eigenvalue weighted by Gasteiger charge is -2.29. The van der Waals surface area contributed by atoms with Crippen molar-refractivity contribution in [2.24, 2.45) is 0 Å². The van der Waals surface area contributed by atoms with Gasteiger partial charge in [0.15, 0.2) is 0 Å². The molecule has 7 heteroatoms. The van der Waals surface area contributed by atoms with Gasteiger partial charge in [0.1, 0.15) is 5.75 Å². The van der Waals surface area contributed by atoms with Crippen LogP contribution in [0.5, 0.6) is 5.75 Å². The molecule has 1 fully saturated rings. The fourth-order valence-corrected chi connectivity index (χ4v) is 6.14. The van der Waals surface area contributed by atoms with Gasteiger partial charge in [-0.1, -0.05) is 49.6 Å². The first-order chi connectivity index (χ1) is 15.9. The highest BCUT2D eigenvalue weighted by Gasteiger charge is 2.29. The van der Waals surface area contributed by atoms with Gasteiger partial charge < -0.3 is 9.64 Å². The van der Waals surface area contributed by atoms with Crippen LogP contribution in [0.15, 0.2) is 53.4 Å². The third kappa shape index (κ3) is 7.44. The molecular weight excluding hydrogens is 456 g/mol. The summed E-state index contributed by atoms with van der Waals surface area (Å²) in [5.41, 5.74) is 0.885. The lowest BCUT2D eigenvalue weighted by atomic mass is 10.1. The van der Waals surface area contributed by atoms with E-state index in [1.54, 1.807) is 28.6 Å². The average molecular weight is 493 g/mol. The van der Waals surface area contributed by atoms with Crippen LogP contribution in [-0.4, -0.2) is 49.9 Å². The minimum atomic E-state index is -3.68. The molecule has 33 heavy (non-hydrogen) atoms. The zero-order valence-electron chi connectivity index (χ0n) is 19.9. The van der Waals surface area contributed by atoms with Crippen LogP contribution in [0.25, 0.3) is 0 Å². The Bertz CT molecular complexity index is 960. The zero-order chi connectivity index (χ0) is 23.7. The second-order valence-electron chi connectivity index (χ2n) is 8.85. The molecule has 1 aliphatic heterocycles. The van der Waals surface area contributed by atoms with Gasteiger partial charge in [-0.25, -0.2) is 8.42 Å². The van der Waals surface area contributed by atoms with Crippen molar-refractivity contribution in [3.05, 3.63) is 59.1 Å². The number of sulfonamides is 1. The highest BCUT2D eigenvalue weighted by molar-refractivity contribution is 7.89. The van der Waals surface area contributed by atoms with Crippen molar-refractivity contribution in [1.82, 2.24) is 9.21 Å². The van der Waals surface area contributed by atoms with Crippen LogP contribution < -0.4 is 4.74 Å². The average Bonchev–Trinajstić information content (AvgIpc) is 2.82. The van der Waals surface area contributed by atoms with E-state index in [1.807, 2.05) is 31.2 Å². The van der Waals surface area contributed by atoms with E-state index in [0.29, 0.717) is 11.6 Å². The Hall–Kier alpha value is -1.60. The summed E-state index contributed by atoms with van der Waals surface area (Å²) in [6, 6.07) is 14.0. The van der Waals surface area contributed by atoms with Gasteiger partial charge in [0, 0.05) is 29.7 Å². The Morgan fingerprint density at radius 2 is 1.76 bits per heavy atom. The summed E-state index contributed by atoms with van der Waals surface area (Å²) < 4.78 is 34.8. The number of halogens is 1. The fraction of sp³-hybridized carbons (Fsp3) is 0.538. The Morgan fingerprint density at radius 1 is 1.06 bits per heavy atom. The molecule has 2 aromatic rings. The first-order valence-corrected chi connectivity index (χ1v) is 13.9. The first-order valence-electron chi connectivity index (χ1n) is 12.1. The molecule has 1 aliphatic rings. The molecular formula is C26H37ClN2O3S. The summed E-state index contributed by atoms with van der Waals surface area (Å²) in [4.78, 5) is 2.76. The van der Waals surface area contributed by atoms with Crippen LogP contribution in [0.3, 0.4) is 0 Å². The van der Waals surface area contributed by atoms with Crippen molar-refractivity contribution < 1.29 is 13.2 Å². The van der Waals surface area contributed by atoms with E-state index in [1.165, 1.54) is 32.4 Å². The number of hydrogen-bond donors (Lipinski definition) is 0. The lowest BCUT2D eigenvalue weighted by Crippen LogP contribution is -2.38. The minimum absolute atomic E-state index is 0.136. The molecule has 2 aromatic carbocycles. The molecule has 0 amide bonds. The van der Waals surface area contributed by atoms with Crippen LogP contribution in [0.1, 0.15) is 57.9 Å². The molecule has 1 unspecified atom stereocenters. The molecule has 0 saturated carbocycles. The second-order valence-corrected chi connectivity index (χ2v) is 11.2. The summed E-state index contributed by atoms with van der Waals surface area (Å²) in [5.74, 6) is 0.760. The molecule has 5 nitrogen and oxygen atoms in total. The van der Waals surface area contributed by atoms with Crippen molar-refractivity contribution in [2.45, 2.75) is 69.9 Å². The Labute approximate surface area is 204 Å². The Kier molecular flexibility index (Phi) is 10.0. The highest BCUT2D eigenvalue weighted by atomic mass is 35.5. The van der Waals surface area contributed by atoms with Crippen molar-refractivity contribution in [1.29, 1.82) is 0 Å². The smallest absolute Gasteiger partial charge is 0.243 e. The predicted octanol–water partition coefficient (Wildman–Crippen LogP) is 5.97. The fourth-order valence-electron chi connectivity index (χ4n) is 4.38. The van der Waals surface area contributed by atoms with Crippen LogP contribution in [0, 0.1) is 0 Å². The minimum Gasteiger partial charge on any atom is -0.493 e.